The molecule has 0 radical (unpaired) electrons. The van der Waals surface area contributed by atoms with Gasteiger partial charge < -0.3 is 15.8 Å². The summed E-state index contributed by atoms with van der Waals surface area (Å²) in [5, 5.41) is 6.76. The maximum Gasteiger partial charge on any atom is 0.242 e. The zero-order chi connectivity index (χ0) is 12.8. The fourth-order valence-corrected chi connectivity index (χ4v) is 1.48. The molecule has 1 aromatic rings. The fourth-order valence-electron chi connectivity index (χ4n) is 1.48. The molecule has 6 nitrogen and oxygen atoms in total. The summed E-state index contributed by atoms with van der Waals surface area (Å²) in [6.07, 6.45) is 2.66. The summed E-state index contributed by atoms with van der Waals surface area (Å²) < 4.78 is 6.60. The van der Waals surface area contributed by atoms with Crippen LogP contribution in [0.5, 0.6) is 5.88 Å². The second kappa shape index (κ2) is 6.24. The van der Waals surface area contributed by atoms with Crippen molar-refractivity contribution in [3.05, 3.63) is 6.07 Å². The Morgan fingerprint density at radius 3 is 2.94 bits per heavy atom. The van der Waals surface area contributed by atoms with Gasteiger partial charge in [-0.3, -0.25) is 4.79 Å². The first kappa shape index (κ1) is 13.5. The lowest BCUT2D eigenvalue weighted by Gasteiger charge is -2.09. The van der Waals surface area contributed by atoms with Crippen molar-refractivity contribution in [3.8, 4) is 5.88 Å². The number of nitrogens with one attached hydrogen (secondary N) is 1. The number of anilines is 1. The summed E-state index contributed by atoms with van der Waals surface area (Å²) in [5.41, 5.74) is 5.75. The largest absolute Gasteiger partial charge is 0.481 e. The highest BCUT2D eigenvalue weighted by Crippen LogP contribution is 2.15. The van der Waals surface area contributed by atoms with Gasteiger partial charge in [-0.2, -0.15) is 5.10 Å². The van der Waals surface area contributed by atoms with Crippen molar-refractivity contribution in [1.29, 1.82) is 0 Å². The predicted molar refractivity (Wildman–Crippen MR) is 65.9 cm³/mol. The van der Waals surface area contributed by atoms with Crippen molar-refractivity contribution in [2.24, 2.45) is 12.8 Å². The van der Waals surface area contributed by atoms with Crippen LogP contribution in [0.4, 0.5) is 5.82 Å². The Hall–Kier alpha value is -1.56. The Labute approximate surface area is 101 Å². The molecule has 0 fully saturated rings. The number of unbranched alkanes of at least 4 members (excludes halogenated alkanes) is 1. The lowest BCUT2D eigenvalue weighted by Crippen LogP contribution is -2.35. The monoisotopic (exact) mass is 240 g/mol. The molecule has 0 unspecified atom stereocenters. The number of hydrogen-bond acceptors (Lipinski definition) is 4. The lowest BCUT2D eigenvalue weighted by atomic mass is 10.1. The highest BCUT2D eigenvalue weighted by Gasteiger charge is 2.15. The summed E-state index contributed by atoms with van der Waals surface area (Å²) in [4.78, 5) is 11.7. The Morgan fingerprint density at radius 1 is 1.71 bits per heavy atom. The maximum absolute atomic E-state index is 11.7. The molecular formula is C11H20N4O2. The van der Waals surface area contributed by atoms with Crippen LogP contribution in [0.2, 0.25) is 0 Å². The van der Waals surface area contributed by atoms with Gasteiger partial charge in [0.15, 0.2) is 5.82 Å². The molecule has 1 rings (SSSR count). The smallest absolute Gasteiger partial charge is 0.242 e. The molecule has 1 atom stereocenters. The van der Waals surface area contributed by atoms with E-state index in [2.05, 4.69) is 17.3 Å². The Bertz CT molecular complexity index is 376. The molecule has 1 amide bonds. The topological polar surface area (TPSA) is 82.2 Å². The van der Waals surface area contributed by atoms with Crippen LogP contribution in [-0.4, -0.2) is 28.8 Å². The molecular weight excluding hydrogens is 220 g/mol. The average Bonchev–Trinajstić information content (AvgIpc) is 2.66. The number of methoxy groups -OCH3 is 1. The third-order valence-corrected chi connectivity index (χ3v) is 2.50. The van der Waals surface area contributed by atoms with E-state index in [9.17, 15) is 4.79 Å². The SMILES string of the molecule is CCCC[C@H](N)C(=O)Nc1cc(OC)n(C)n1. The molecule has 3 N–H and O–H groups in total. The van der Waals surface area contributed by atoms with Gasteiger partial charge in [-0.1, -0.05) is 19.8 Å². The fraction of sp³-hybridized carbons (Fsp3) is 0.636. The highest BCUT2D eigenvalue weighted by molar-refractivity contribution is 5.93. The summed E-state index contributed by atoms with van der Waals surface area (Å²) >= 11 is 0. The Morgan fingerprint density at radius 2 is 2.41 bits per heavy atom. The Kier molecular flexibility index (Phi) is 4.96. The number of nitrogens with two attached hydrogens (primary N) is 1. The van der Waals surface area contributed by atoms with E-state index in [-0.39, 0.29) is 5.91 Å². The molecule has 1 heterocycles. The van der Waals surface area contributed by atoms with E-state index >= 15 is 0 Å². The summed E-state index contributed by atoms with van der Waals surface area (Å²) in [6.45, 7) is 2.06. The van der Waals surface area contributed by atoms with Crippen LogP contribution < -0.4 is 15.8 Å². The van der Waals surface area contributed by atoms with Gasteiger partial charge in [-0.25, -0.2) is 4.68 Å². The minimum atomic E-state index is -0.483. The predicted octanol–water partition coefficient (Wildman–Crippen LogP) is 0.885. The molecule has 0 bridgehead atoms. The third-order valence-electron chi connectivity index (χ3n) is 2.50. The van der Waals surface area contributed by atoms with Gasteiger partial charge in [0.1, 0.15) is 0 Å². The number of carbonyl (C=O) groups excluding carboxylic acids is 1. The van der Waals surface area contributed by atoms with E-state index < -0.39 is 6.04 Å². The highest BCUT2D eigenvalue weighted by atomic mass is 16.5. The molecule has 0 aliphatic heterocycles. The van der Waals surface area contributed by atoms with E-state index in [1.807, 2.05) is 0 Å². The second-order valence-corrected chi connectivity index (χ2v) is 3.93. The van der Waals surface area contributed by atoms with E-state index in [0.29, 0.717) is 18.1 Å². The van der Waals surface area contributed by atoms with Crippen LogP contribution in [0.1, 0.15) is 26.2 Å². The number of nitrogens with zero attached hydrogens (tertiary/aromatic N) is 2. The molecule has 0 saturated heterocycles. The Balaban J connectivity index is 2.55. The molecule has 0 spiro atoms. The molecule has 17 heavy (non-hydrogen) atoms. The van der Waals surface area contributed by atoms with Crippen LogP contribution >= 0.6 is 0 Å². The zero-order valence-corrected chi connectivity index (χ0v) is 10.6. The van der Waals surface area contributed by atoms with Gasteiger partial charge in [0, 0.05) is 13.1 Å². The van der Waals surface area contributed by atoms with Crippen LogP contribution in [0.25, 0.3) is 0 Å². The number of carbonyl (C=O) groups is 1. The number of ether oxygens (including phenoxy) is 1. The first-order chi connectivity index (χ1) is 8.08. The normalized spacial score (nSPS) is 12.2. The van der Waals surface area contributed by atoms with Crippen LogP contribution in [0, 0.1) is 0 Å². The van der Waals surface area contributed by atoms with Gasteiger partial charge in [-0.05, 0) is 6.42 Å². The van der Waals surface area contributed by atoms with Gasteiger partial charge in [-0.15, -0.1) is 0 Å². The zero-order valence-electron chi connectivity index (χ0n) is 10.6. The number of rotatable bonds is 6. The van der Waals surface area contributed by atoms with Gasteiger partial charge in [0.05, 0.1) is 13.2 Å². The van der Waals surface area contributed by atoms with Gasteiger partial charge >= 0.3 is 0 Å². The van der Waals surface area contributed by atoms with E-state index in [0.717, 1.165) is 12.8 Å². The standard InChI is InChI=1S/C11H20N4O2/c1-4-5-6-8(12)11(16)13-9-7-10(17-3)15(2)14-9/h7-8H,4-6,12H2,1-3H3,(H,13,14,16)/t8-/m0/s1. The molecule has 0 aliphatic carbocycles. The number of aromatic nitrogens is 2. The molecule has 0 saturated carbocycles. The third kappa shape index (κ3) is 3.74. The summed E-state index contributed by atoms with van der Waals surface area (Å²) in [6, 6.07) is 1.17. The molecule has 96 valence electrons. The number of hydrogen-bond donors (Lipinski definition) is 2. The molecule has 0 aliphatic rings. The van der Waals surface area contributed by atoms with Crippen LogP contribution in [-0.2, 0) is 11.8 Å². The van der Waals surface area contributed by atoms with Crippen LogP contribution in [0.15, 0.2) is 6.07 Å². The average molecular weight is 240 g/mol. The molecule has 0 aromatic carbocycles. The van der Waals surface area contributed by atoms with Crippen molar-refractivity contribution in [3.63, 3.8) is 0 Å². The minimum absolute atomic E-state index is 0.209. The maximum atomic E-state index is 11.7. The molecule has 6 heteroatoms. The van der Waals surface area contributed by atoms with Crippen molar-refractivity contribution in [2.45, 2.75) is 32.2 Å². The quantitative estimate of drug-likeness (QED) is 0.773. The number of aryl methyl sites for hydroxylation is 1. The van der Waals surface area contributed by atoms with Crippen LogP contribution in [0.3, 0.4) is 0 Å². The molecule has 1 aromatic heterocycles. The first-order valence-corrected chi connectivity index (χ1v) is 5.73. The van der Waals surface area contributed by atoms with E-state index in [1.54, 1.807) is 24.9 Å². The lowest BCUT2D eigenvalue weighted by molar-refractivity contribution is -0.117. The van der Waals surface area contributed by atoms with Crippen molar-refractivity contribution in [2.75, 3.05) is 12.4 Å². The number of amides is 1. The minimum Gasteiger partial charge on any atom is -0.481 e. The van der Waals surface area contributed by atoms with E-state index in [4.69, 9.17) is 10.5 Å². The van der Waals surface area contributed by atoms with Crippen molar-refractivity contribution < 1.29 is 9.53 Å². The summed E-state index contributed by atoms with van der Waals surface area (Å²) in [5.74, 6) is 0.836. The van der Waals surface area contributed by atoms with Gasteiger partial charge in [0.25, 0.3) is 0 Å². The first-order valence-electron chi connectivity index (χ1n) is 5.73. The van der Waals surface area contributed by atoms with E-state index in [1.165, 1.54) is 0 Å². The summed E-state index contributed by atoms with van der Waals surface area (Å²) in [7, 11) is 3.29. The second-order valence-electron chi connectivity index (χ2n) is 3.93. The van der Waals surface area contributed by atoms with Gasteiger partial charge in [0.2, 0.25) is 11.8 Å². The van der Waals surface area contributed by atoms with Crippen molar-refractivity contribution in [1.82, 2.24) is 9.78 Å². The van der Waals surface area contributed by atoms with Crippen molar-refractivity contribution >= 4 is 11.7 Å².